The van der Waals surface area contributed by atoms with Crippen LogP contribution in [-0.2, 0) is 6.54 Å². The fourth-order valence-corrected chi connectivity index (χ4v) is 2.50. The Bertz CT molecular complexity index is 572. The van der Waals surface area contributed by atoms with Gasteiger partial charge in [0.25, 0.3) is 0 Å². The van der Waals surface area contributed by atoms with Crippen LogP contribution in [0, 0.1) is 16.3 Å². The average Bonchev–Trinajstić information content (AvgIpc) is 2.34. The van der Waals surface area contributed by atoms with Crippen LogP contribution in [0.2, 0.25) is 0 Å². The van der Waals surface area contributed by atoms with Gasteiger partial charge >= 0.3 is 0 Å². The molecule has 0 aliphatic heterocycles. The minimum absolute atomic E-state index is 0.187. The summed E-state index contributed by atoms with van der Waals surface area (Å²) in [6.07, 6.45) is 0. The summed E-state index contributed by atoms with van der Waals surface area (Å²) in [5.41, 5.74) is 2.90. The van der Waals surface area contributed by atoms with Gasteiger partial charge in [-0.05, 0) is 65.4 Å². The first-order chi connectivity index (χ1) is 8.56. The van der Waals surface area contributed by atoms with Crippen LogP contribution < -0.4 is 5.32 Å². The van der Waals surface area contributed by atoms with Gasteiger partial charge in [0.1, 0.15) is 5.82 Å². The summed E-state index contributed by atoms with van der Waals surface area (Å²) in [4.78, 5) is 0. The second kappa shape index (κ2) is 6.02. The fourth-order valence-electron chi connectivity index (χ4n) is 1.58. The van der Waals surface area contributed by atoms with Crippen molar-refractivity contribution < 1.29 is 4.39 Å². The van der Waals surface area contributed by atoms with Gasteiger partial charge in [-0.2, -0.15) is 0 Å². The van der Waals surface area contributed by atoms with Crippen LogP contribution in [-0.4, -0.2) is 0 Å². The van der Waals surface area contributed by atoms with Crippen LogP contribution in [0.4, 0.5) is 10.1 Å². The Hall–Kier alpha value is -0.620. The zero-order valence-electron chi connectivity index (χ0n) is 9.81. The van der Waals surface area contributed by atoms with E-state index in [1.807, 2.05) is 6.07 Å². The van der Waals surface area contributed by atoms with Gasteiger partial charge in [0.05, 0.1) is 0 Å². The van der Waals surface area contributed by atoms with Crippen molar-refractivity contribution in [1.29, 1.82) is 0 Å². The quantitative estimate of drug-likeness (QED) is 0.681. The molecule has 0 atom stereocenters. The van der Waals surface area contributed by atoms with Crippen molar-refractivity contribution >= 4 is 44.2 Å². The standard InChI is InChI=1S/C14H12BrFIN/c1-9-2-4-12(7-14(9)17)18-8-10-6-11(15)3-5-13(10)16/h2-7,18H,8H2,1H3. The van der Waals surface area contributed by atoms with E-state index < -0.39 is 0 Å². The summed E-state index contributed by atoms with van der Waals surface area (Å²) in [6, 6.07) is 11.1. The number of aryl methyl sites for hydroxylation is 1. The lowest BCUT2D eigenvalue weighted by atomic mass is 10.2. The second-order valence-corrected chi connectivity index (χ2v) is 6.13. The van der Waals surface area contributed by atoms with Crippen molar-refractivity contribution in [2.75, 3.05) is 5.32 Å². The number of nitrogens with one attached hydrogen (secondary N) is 1. The average molecular weight is 420 g/mol. The van der Waals surface area contributed by atoms with Crippen molar-refractivity contribution in [3.8, 4) is 0 Å². The lowest BCUT2D eigenvalue weighted by molar-refractivity contribution is 0.612. The van der Waals surface area contributed by atoms with Crippen LogP contribution in [0.25, 0.3) is 0 Å². The first-order valence-corrected chi connectivity index (χ1v) is 7.37. The van der Waals surface area contributed by atoms with Crippen molar-refractivity contribution in [1.82, 2.24) is 0 Å². The summed E-state index contributed by atoms with van der Waals surface area (Å²) in [5.74, 6) is -0.187. The Labute approximate surface area is 128 Å². The van der Waals surface area contributed by atoms with E-state index in [4.69, 9.17) is 0 Å². The van der Waals surface area contributed by atoms with E-state index in [1.54, 1.807) is 12.1 Å². The fraction of sp³-hybridized carbons (Fsp3) is 0.143. The molecule has 4 heteroatoms. The monoisotopic (exact) mass is 419 g/mol. The summed E-state index contributed by atoms with van der Waals surface area (Å²) < 4.78 is 15.6. The highest BCUT2D eigenvalue weighted by Crippen LogP contribution is 2.20. The summed E-state index contributed by atoms with van der Waals surface area (Å²) >= 11 is 5.64. The van der Waals surface area contributed by atoms with Crippen molar-refractivity contribution in [2.45, 2.75) is 13.5 Å². The van der Waals surface area contributed by atoms with Crippen LogP contribution in [0.5, 0.6) is 0 Å². The second-order valence-electron chi connectivity index (χ2n) is 4.05. The first-order valence-electron chi connectivity index (χ1n) is 5.50. The summed E-state index contributed by atoms with van der Waals surface area (Å²) in [5, 5.41) is 3.23. The van der Waals surface area contributed by atoms with E-state index in [-0.39, 0.29) is 5.82 Å². The highest BCUT2D eigenvalue weighted by Gasteiger charge is 2.03. The molecule has 1 N–H and O–H groups in total. The minimum Gasteiger partial charge on any atom is -0.381 e. The van der Waals surface area contributed by atoms with Gasteiger partial charge in [-0.25, -0.2) is 4.39 Å². The molecule has 0 aliphatic rings. The lowest BCUT2D eigenvalue weighted by Gasteiger charge is -2.09. The van der Waals surface area contributed by atoms with E-state index in [1.165, 1.54) is 15.2 Å². The normalized spacial score (nSPS) is 10.4. The predicted octanol–water partition coefficient (Wildman–Crippen LogP) is 5.11. The Balaban J connectivity index is 2.11. The molecule has 2 rings (SSSR count). The zero-order valence-corrected chi connectivity index (χ0v) is 13.5. The zero-order chi connectivity index (χ0) is 13.1. The van der Waals surface area contributed by atoms with Gasteiger partial charge in [0.2, 0.25) is 0 Å². The molecule has 94 valence electrons. The Morgan fingerprint density at radius 2 is 2.00 bits per heavy atom. The van der Waals surface area contributed by atoms with E-state index in [9.17, 15) is 4.39 Å². The molecule has 0 bridgehead atoms. The van der Waals surface area contributed by atoms with Gasteiger partial charge in [0.15, 0.2) is 0 Å². The van der Waals surface area contributed by atoms with Gasteiger partial charge in [-0.15, -0.1) is 0 Å². The largest absolute Gasteiger partial charge is 0.381 e. The highest BCUT2D eigenvalue weighted by molar-refractivity contribution is 14.1. The summed E-state index contributed by atoms with van der Waals surface area (Å²) in [6.45, 7) is 2.55. The maximum absolute atomic E-state index is 13.6. The number of hydrogen-bond donors (Lipinski definition) is 1. The van der Waals surface area contributed by atoms with Crippen molar-refractivity contribution in [3.63, 3.8) is 0 Å². The maximum atomic E-state index is 13.6. The molecule has 0 aromatic heterocycles. The van der Waals surface area contributed by atoms with E-state index in [0.29, 0.717) is 12.1 Å². The smallest absolute Gasteiger partial charge is 0.128 e. The first kappa shape index (κ1) is 13.8. The Morgan fingerprint density at radius 1 is 1.22 bits per heavy atom. The molecule has 0 amide bonds. The molecule has 0 radical (unpaired) electrons. The minimum atomic E-state index is -0.187. The number of anilines is 1. The number of hydrogen-bond acceptors (Lipinski definition) is 1. The van der Waals surface area contributed by atoms with E-state index in [0.717, 1.165) is 10.2 Å². The molecular formula is C14H12BrFIN. The number of benzene rings is 2. The van der Waals surface area contributed by atoms with Gasteiger partial charge in [-0.3, -0.25) is 0 Å². The van der Waals surface area contributed by atoms with Crippen molar-refractivity contribution in [3.05, 3.63) is 61.4 Å². The van der Waals surface area contributed by atoms with Gasteiger partial charge < -0.3 is 5.32 Å². The third-order valence-corrected chi connectivity index (χ3v) is 4.32. The van der Waals surface area contributed by atoms with Crippen LogP contribution in [0.3, 0.4) is 0 Å². The van der Waals surface area contributed by atoms with Gasteiger partial charge in [-0.1, -0.05) is 22.0 Å². The SMILES string of the molecule is Cc1ccc(NCc2cc(Br)ccc2F)cc1I. The molecule has 2 aromatic rings. The molecule has 1 nitrogen and oxygen atoms in total. The lowest BCUT2D eigenvalue weighted by Crippen LogP contribution is -2.02. The number of halogens is 3. The van der Waals surface area contributed by atoms with E-state index in [2.05, 4.69) is 62.9 Å². The van der Waals surface area contributed by atoms with E-state index >= 15 is 0 Å². The third kappa shape index (κ3) is 3.45. The Kier molecular flexibility index (Phi) is 4.61. The van der Waals surface area contributed by atoms with Crippen LogP contribution in [0.15, 0.2) is 40.9 Å². The van der Waals surface area contributed by atoms with Crippen LogP contribution >= 0.6 is 38.5 Å². The molecule has 0 aliphatic carbocycles. The molecule has 0 saturated carbocycles. The molecule has 0 unspecified atom stereocenters. The molecule has 0 saturated heterocycles. The molecule has 0 fully saturated rings. The molecule has 18 heavy (non-hydrogen) atoms. The maximum Gasteiger partial charge on any atom is 0.128 e. The molecular weight excluding hydrogens is 408 g/mol. The number of rotatable bonds is 3. The molecule has 0 spiro atoms. The predicted molar refractivity (Wildman–Crippen MR) is 85.3 cm³/mol. The molecule has 0 heterocycles. The summed E-state index contributed by atoms with van der Waals surface area (Å²) in [7, 11) is 0. The molecule has 2 aromatic carbocycles. The Morgan fingerprint density at radius 3 is 2.72 bits per heavy atom. The van der Waals surface area contributed by atoms with Crippen LogP contribution in [0.1, 0.15) is 11.1 Å². The topological polar surface area (TPSA) is 12.0 Å². The third-order valence-electron chi connectivity index (χ3n) is 2.66. The van der Waals surface area contributed by atoms with Gasteiger partial charge in [0, 0.05) is 25.8 Å². The van der Waals surface area contributed by atoms with Crippen molar-refractivity contribution in [2.24, 2.45) is 0 Å². The highest BCUT2D eigenvalue weighted by atomic mass is 127.